The van der Waals surface area contributed by atoms with Crippen LogP contribution in [0.1, 0.15) is 29.8 Å². The highest BCUT2D eigenvalue weighted by molar-refractivity contribution is 6.05. The highest BCUT2D eigenvalue weighted by Crippen LogP contribution is 2.24. The van der Waals surface area contributed by atoms with Crippen molar-refractivity contribution in [3.05, 3.63) is 77.9 Å². The number of amides is 1. The Hall–Kier alpha value is -3.14. The Morgan fingerprint density at radius 1 is 0.960 bits per heavy atom. The molecule has 0 atom stereocenters. The van der Waals surface area contributed by atoms with Crippen LogP contribution < -0.4 is 5.43 Å². The van der Waals surface area contributed by atoms with Gasteiger partial charge in [0, 0.05) is 0 Å². The van der Waals surface area contributed by atoms with Gasteiger partial charge in [-0.3, -0.25) is 4.79 Å². The molecule has 1 amide bonds. The van der Waals surface area contributed by atoms with E-state index < -0.39 is 5.91 Å². The Kier molecular flexibility index (Phi) is 4.80. The van der Waals surface area contributed by atoms with Crippen LogP contribution >= 0.6 is 0 Å². The molecule has 0 aliphatic carbocycles. The number of hydrazone groups is 1. The van der Waals surface area contributed by atoms with Crippen molar-refractivity contribution in [2.45, 2.75) is 13.8 Å². The highest BCUT2D eigenvalue weighted by atomic mass is 16.3. The standard InChI is InChI=1S/C21H20N2O2/c1-14(2)20(15-8-4-3-5-9-15)22-23-21(25)18-12-16-10-6-7-11-17(16)13-19(18)24/h3-14,24H,1-2H3,(H,23,25). The van der Waals surface area contributed by atoms with Gasteiger partial charge in [-0.2, -0.15) is 5.10 Å². The van der Waals surface area contributed by atoms with E-state index in [2.05, 4.69) is 10.5 Å². The summed E-state index contributed by atoms with van der Waals surface area (Å²) in [7, 11) is 0. The molecule has 4 heteroatoms. The first-order chi connectivity index (χ1) is 12.1. The van der Waals surface area contributed by atoms with Crippen LogP contribution in [-0.2, 0) is 0 Å². The number of phenolic OH excluding ortho intramolecular Hbond substituents is 1. The van der Waals surface area contributed by atoms with E-state index in [1.54, 1.807) is 12.1 Å². The summed E-state index contributed by atoms with van der Waals surface area (Å²) in [6.45, 7) is 4.04. The maximum absolute atomic E-state index is 12.5. The quantitative estimate of drug-likeness (QED) is 0.551. The summed E-state index contributed by atoms with van der Waals surface area (Å²) in [6.07, 6.45) is 0. The topological polar surface area (TPSA) is 61.7 Å². The number of benzene rings is 3. The molecule has 0 radical (unpaired) electrons. The number of hydrogen-bond acceptors (Lipinski definition) is 3. The number of carbonyl (C=O) groups is 1. The Balaban J connectivity index is 1.90. The zero-order valence-electron chi connectivity index (χ0n) is 14.2. The second kappa shape index (κ2) is 7.18. The van der Waals surface area contributed by atoms with Gasteiger partial charge in [-0.1, -0.05) is 68.4 Å². The Bertz CT molecular complexity index is 931. The molecule has 0 aromatic heterocycles. The molecule has 2 N–H and O–H groups in total. The van der Waals surface area contributed by atoms with Crippen LogP contribution in [0.2, 0.25) is 0 Å². The zero-order valence-corrected chi connectivity index (χ0v) is 14.2. The van der Waals surface area contributed by atoms with E-state index in [4.69, 9.17) is 0 Å². The molecule has 0 unspecified atom stereocenters. The minimum absolute atomic E-state index is 0.0581. The van der Waals surface area contributed by atoms with Gasteiger partial charge < -0.3 is 5.11 Å². The Morgan fingerprint density at radius 2 is 1.56 bits per heavy atom. The van der Waals surface area contributed by atoms with Gasteiger partial charge in [0.2, 0.25) is 0 Å². The number of aromatic hydroxyl groups is 1. The van der Waals surface area contributed by atoms with E-state index in [1.807, 2.05) is 68.4 Å². The van der Waals surface area contributed by atoms with Gasteiger partial charge in [0.1, 0.15) is 5.75 Å². The molecule has 0 heterocycles. The van der Waals surface area contributed by atoms with Crippen molar-refractivity contribution in [3.63, 3.8) is 0 Å². The van der Waals surface area contributed by atoms with Gasteiger partial charge in [0.15, 0.2) is 0 Å². The van der Waals surface area contributed by atoms with Crippen molar-refractivity contribution in [1.29, 1.82) is 0 Å². The van der Waals surface area contributed by atoms with Gasteiger partial charge in [-0.25, -0.2) is 5.43 Å². The molecule has 0 saturated heterocycles. The number of rotatable bonds is 4. The van der Waals surface area contributed by atoms with Crippen LogP contribution in [0.5, 0.6) is 5.75 Å². The van der Waals surface area contributed by atoms with Gasteiger partial charge in [0.25, 0.3) is 5.91 Å². The van der Waals surface area contributed by atoms with Crippen molar-refractivity contribution >= 4 is 22.4 Å². The molecule has 3 aromatic rings. The van der Waals surface area contributed by atoms with Crippen molar-refractivity contribution < 1.29 is 9.90 Å². The van der Waals surface area contributed by atoms with E-state index in [9.17, 15) is 9.90 Å². The van der Waals surface area contributed by atoms with Crippen LogP contribution in [-0.4, -0.2) is 16.7 Å². The number of carbonyl (C=O) groups excluding carboxylic acids is 1. The monoisotopic (exact) mass is 332 g/mol. The SMILES string of the molecule is CC(C)C(=NNC(=O)c1cc2ccccc2cc1O)c1ccccc1. The van der Waals surface area contributed by atoms with E-state index in [-0.39, 0.29) is 17.2 Å². The van der Waals surface area contributed by atoms with Crippen LogP contribution in [0.4, 0.5) is 0 Å². The first-order valence-electron chi connectivity index (χ1n) is 8.21. The third kappa shape index (κ3) is 3.69. The van der Waals surface area contributed by atoms with Crippen LogP contribution in [0, 0.1) is 5.92 Å². The molecule has 0 saturated carbocycles. The molecule has 126 valence electrons. The predicted molar refractivity (Wildman–Crippen MR) is 101 cm³/mol. The normalized spacial score (nSPS) is 11.7. The minimum Gasteiger partial charge on any atom is -0.507 e. The zero-order chi connectivity index (χ0) is 17.8. The molecule has 25 heavy (non-hydrogen) atoms. The maximum Gasteiger partial charge on any atom is 0.275 e. The summed E-state index contributed by atoms with van der Waals surface area (Å²) in [5.74, 6) is -0.345. The van der Waals surface area contributed by atoms with Crippen molar-refractivity contribution in [2.24, 2.45) is 11.0 Å². The minimum atomic E-state index is -0.433. The second-order valence-corrected chi connectivity index (χ2v) is 6.18. The Morgan fingerprint density at radius 3 is 2.20 bits per heavy atom. The lowest BCUT2D eigenvalue weighted by Gasteiger charge is -2.11. The smallest absolute Gasteiger partial charge is 0.275 e. The van der Waals surface area contributed by atoms with E-state index in [0.29, 0.717) is 0 Å². The number of phenols is 1. The first kappa shape index (κ1) is 16.7. The van der Waals surface area contributed by atoms with Gasteiger partial charge in [-0.15, -0.1) is 0 Å². The fourth-order valence-corrected chi connectivity index (χ4v) is 2.72. The van der Waals surface area contributed by atoms with Gasteiger partial charge in [-0.05, 0) is 34.4 Å². The molecule has 0 bridgehead atoms. The summed E-state index contributed by atoms with van der Waals surface area (Å²) < 4.78 is 0. The van der Waals surface area contributed by atoms with Crippen molar-refractivity contribution in [3.8, 4) is 5.75 Å². The highest BCUT2D eigenvalue weighted by Gasteiger charge is 2.14. The second-order valence-electron chi connectivity index (χ2n) is 6.18. The molecular formula is C21H20N2O2. The first-order valence-corrected chi connectivity index (χ1v) is 8.21. The fraction of sp³-hybridized carbons (Fsp3) is 0.143. The van der Waals surface area contributed by atoms with Crippen molar-refractivity contribution in [2.75, 3.05) is 0 Å². The summed E-state index contributed by atoms with van der Waals surface area (Å²) in [4.78, 5) is 12.5. The predicted octanol–water partition coefficient (Wildman–Crippen LogP) is 4.34. The summed E-state index contributed by atoms with van der Waals surface area (Å²) >= 11 is 0. The maximum atomic E-state index is 12.5. The summed E-state index contributed by atoms with van der Waals surface area (Å²) in [5, 5.41) is 16.2. The number of nitrogens with zero attached hydrogens (tertiary/aromatic N) is 1. The van der Waals surface area contributed by atoms with E-state index in [1.165, 1.54) is 0 Å². The molecule has 3 aromatic carbocycles. The third-order valence-electron chi connectivity index (χ3n) is 4.00. The molecule has 0 fully saturated rings. The number of nitrogens with one attached hydrogen (secondary N) is 1. The molecule has 0 aliphatic heterocycles. The third-order valence-corrected chi connectivity index (χ3v) is 4.00. The van der Waals surface area contributed by atoms with Crippen LogP contribution in [0.15, 0.2) is 71.8 Å². The molecule has 4 nitrogen and oxygen atoms in total. The van der Waals surface area contributed by atoms with Gasteiger partial charge in [0.05, 0.1) is 11.3 Å². The molecular weight excluding hydrogens is 312 g/mol. The largest absolute Gasteiger partial charge is 0.507 e. The lowest BCUT2D eigenvalue weighted by atomic mass is 10.0. The average molecular weight is 332 g/mol. The number of hydrogen-bond donors (Lipinski definition) is 2. The van der Waals surface area contributed by atoms with Crippen molar-refractivity contribution in [1.82, 2.24) is 5.43 Å². The summed E-state index contributed by atoms with van der Waals surface area (Å²) in [5.41, 5.74) is 4.53. The lowest BCUT2D eigenvalue weighted by Crippen LogP contribution is -2.22. The van der Waals surface area contributed by atoms with Crippen LogP contribution in [0.3, 0.4) is 0 Å². The molecule has 0 spiro atoms. The van der Waals surface area contributed by atoms with Gasteiger partial charge >= 0.3 is 0 Å². The fourth-order valence-electron chi connectivity index (χ4n) is 2.72. The molecule has 0 aliphatic rings. The summed E-state index contributed by atoms with van der Waals surface area (Å²) in [6, 6.07) is 20.6. The van der Waals surface area contributed by atoms with Crippen LogP contribution in [0.25, 0.3) is 10.8 Å². The molecule has 3 rings (SSSR count). The average Bonchev–Trinajstić information content (AvgIpc) is 2.61. The Labute approximate surface area is 146 Å². The van der Waals surface area contributed by atoms with E-state index in [0.717, 1.165) is 22.0 Å². The lowest BCUT2D eigenvalue weighted by molar-refractivity contribution is 0.0952. The van der Waals surface area contributed by atoms with E-state index >= 15 is 0 Å². The number of fused-ring (bicyclic) bond motifs is 1.